The van der Waals surface area contributed by atoms with Gasteiger partial charge in [-0.25, -0.2) is 4.79 Å². The quantitative estimate of drug-likeness (QED) is 0.512. The highest BCUT2D eigenvalue weighted by Crippen LogP contribution is 2.29. The standard InChI is InChI=1S/C10H8BrNO5/c11-8-4-3-7(12(15)16)6-9(8)17-5-1-2-10(13)14/h1-4,6H,5H2,(H,13,14)/b2-1+. The molecule has 0 radical (unpaired) electrons. The lowest BCUT2D eigenvalue weighted by molar-refractivity contribution is -0.384. The van der Waals surface area contributed by atoms with E-state index in [1.807, 2.05) is 0 Å². The van der Waals surface area contributed by atoms with Crippen LogP contribution in [0, 0.1) is 10.1 Å². The van der Waals surface area contributed by atoms with Crippen LogP contribution < -0.4 is 4.74 Å². The molecule has 0 amide bonds. The van der Waals surface area contributed by atoms with Crippen molar-refractivity contribution in [1.29, 1.82) is 0 Å². The summed E-state index contributed by atoms with van der Waals surface area (Å²) in [6, 6.07) is 4.09. The molecule has 6 nitrogen and oxygen atoms in total. The molecule has 0 fully saturated rings. The number of nitro benzene ring substituents is 1. The Balaban J connectivity index is 2.73. The Morgan fingerprint density at radius 3 is 2.88 bits per heavy atom. The molecule has 0 bridgehead atoms. The lowest BCUT2D eigenvalue weighted by atomic mass is 10.3. The maximum Gasteiger partial charge on any atom is 0.328 e. The molecule has 0 aliphatic heterocycles. The third kappa shape index (κ3) is 4.23. The largest absolute Gasteiger partial charge is 0.488 e. The van der Waals surface area contributed by atoms with Crippen molar-refractivity contribution < 1.29 is 19.6 Å². The van der Waals surface area contributed by atoms with Gasteiger partial charge in [0.05, 0.1) is 15.5 Å². The van der Waals surface area contributed by atoms with Gasteiger partial charge in [0.15, 0.2) is 0 Å². The molecule has 90 valence electrons. The second-order valence-electron chi connectivity index (χ2n) is 2.92. The Morgan fingerprint density at radius 1 is 1.59 bits per heavy atom. The third-order valence-corrected chi connectivity index (χ3v) is 2.38. The lowest BCUT2D eigenvalue weighted by Gasteiger charge is -2.04. The average molecular weight is 302 g/mol. The van der Waals surface area contributed by atoms with E-state index in [4.69, 9.17) is 9.84 Å². The molecule has 0 saturated carbocycles. The molecule has 0 aliphatic carbocycles. The van der Waals surface area contributed by atoms with Crippen molar-refractivity contribution in [2.24, 2.45) is 0 Å². The number of hydrogen-bond donors (Lipinski definition) is 1. The molecule has 0 aromatic heterocycles. The number of carboxylic acids is 1. The zero-order valence-corrected chi connectivity index (χ0v) is 10.1. The number of benzene rings is 1. The first-order chi connectivity index (χ1) is 8.00. The van der Waals surface area contributed by atoms with Crippen LogP contribution in [-0.4, -0.2) is 22.6 Å². The van der Waals surface area contributed by atoms with E-state index in [9.17, 15) is 14.9 Å². The number of hydrogen-bond acceptors (Lipinski definition) is 4. The highest BCUT2D eigenvalue weighted by molar-refractivity contribution is 9.10. The number of halogens is 1. The van der Waals surface area contributed by atoms with Gasteiger partial charge in [0, 0.05) is 12.1 Å². The van der Waals surface area contributed by atoms with Crippen molar-refractivity contribution in [1.82, 2.24) is 0 Å². The molecule has 1 N–H and O–H groups in total. The molecule has 0 spiro atoms. The van der Waals surface area contributed by atoms with Crippen LogP contribution in [0.15, 0.2) is 34.8 Å². The van der Waals surface area contributed by atoms with Crippen molar-refractivity contribution in [3.8, 4) is 5.75 Å². The molecule has 0 unspecified atom stereocenters. The van der Waals surface area contributed by atoms with E-state index < -0.39 is 10.9 Å². The molecule has 17 heavy (non-hydrogen) atoms. The number of carboxylic acid groups (broad SMARTS) is 1. The maximum atomic E-state index is 10.5. The van der Waals surface area contributed by atoms with Crippen LogP contribution in [0.25, 0.3) is 0 Å². The van der Waals surface area contributed by atoms with Gasteiger partial charge >= 0.3 is 5.97 Å². The number of carbonyl (C=O) groups is 1. The summed E-state index contributed by atoms with van der Waals surface area (Å²) in [5, 5.41) is 18.9. The van der Waals surface area contributed by atoms with Gasteiger partial charge in [-0.15, -0.1) is 0 Å². The van der Waals surface area contributed by atoms with Crippen molar-refractivity contribution in [2.75, 3.05) is 6.61 Å². The maximum absolute atomic E-state index is 10.5. The Bertz CT molecular complexity index is 472. The number of rotatable bonds is 5. The van der Waals surface area contributed by atoms with Crippen LogP contribution in [-0.2, 0) is 4.79 Å². The Labute approximate surface area is 105 Å². The predicted molar refractivity (Wildman–Crippen MR) is 63.1 cm³/mol. The molecule has 7 heteroatoms. The minimum atomic E-state index is -1.08. The summed E-state index contributed by atoms with van der Waals surface area (Å²) in [5.41, 5.74) is -0.0922. The van der Waals surface area contributed by atoms with E-state index in [0.717, 1.165) is 6.08 Å². The van der Waals surface area contributed by atoms with Crippen molar-refractivity contribution >= 4 is 27.6 Å². The number of aliphatic carboxylic acids is 1. The highest BCUT2D eigenvalue weighted by Gasteiger charge is 2.09. The summed E-state index contributed by atoms with van der Waals surface area (Å²) in [4.78, 5) is 20.2. The van der Waals surface area contributed by atoms with E-state index in [1.165, 1.54) is 24.3 Å². The monoisotopic (exact) mass is 301 g/mol. The molecule has 0 atom stereocenters. The molecular weight excluding hydrogens is 294 g/mol. The fourth-order valence-corrected chi connectivity index (χ4v) is 1.36. The molecule has 0 saturated heterocycles. The number of nitro groups is 1. The Kier molecular flexibility index (Phi) is 4.65. The lowest BCUT2D eigenvalue weighted by Crippen LogP contribution is -1.97. The fraction of sp³-hybridized carbons (Fsp3) is 0.100. The normalized spacial score (nSPS) is 10.4. The topological polar surface area (TPSA) is 89.7 Å². The van der Waals surface area contributed by atoms with Gasteiger partial charge in [-0.3, -0.25) is 10.1 Å². The summed E-state index contributed by atoms with van der Waals surface area (Å²) in [7, 11) is 0. The highest BCUT2D eigenvalue weighted by atomic mass is 79.9. The van der Waals surface area contributed by atoms with E-state index in [1.54, 1.807) is 0 Å². The molecule has 0 heterocycles. The molecule has 0 aliphatic rings. The zero-order valence-electron chi connectivity index (χ0n) is 8.50. The smallest absolute Gasteiger partial charge is 0.328 e. The van der Waals surface area contributed by atoms with Crippen LogP contribution >= 0.6 is 15.9 Å². The van der Waals surface area contributed by atoms with Gasteiger partial charge in [0.1, 0.15) is 12.4 Å². The first-order valence-corrected chi connectivity index (χ1v) is 5.26. The van der Waals surface area contributed by atoms with Crippen LogP contribution in [0.5, 0.6) is 5.75 Å². The van der Waals surface area contributed by atoms with E-state index in [2.05, 4.69) is 15.9 Å². The SMILES string of the molecule is O=C(O)/C=C/COc1cc([N+](=O)[O-])ccc1Br. The summed E-state index contributed by atoms with van der Waals surface area (Å²) in [6.45, 7) is 0.0199. The van der Waals surface area contributed by atoms with E-state index in [-0.39, 0.29) is 18.0 Å². The van der Waals surface area contributed by atoms with Crippen LogP contribution in [0.3, 0.4) is 0 Å². The summed E-state index contributed by atoms with van der Waals surface area (Å²) >= 11 is 3.17. The molecule has 1 aromatic carbocycles. The minimum Gasteiger partial charge on any atom is -0.488 e. The van der Waals surface area contributed by atoms with Crippen LogP contribution in [0.2, 0.25) is 0 Å². The van der Waals surface area contributed by atoms with Gasteiger partial charge < -0.3 is 9.84 Å². The van der Waals surface area contributed by atoms with Crippen molar-refractivity contribution in [3.63, 3.8) is 0 Å². The molecular formula is C10H8BrNO5. The second-order valence-corrected chi connectivity index (χ2v) is 3.78. The summed E-state index contributed by atoms with van der Waals surface area (Å²) in [6.07, 6.45) is 2.23. The van der Waals surface area contributed by atoms with Gasteiger partial charge in [0.2, 0.25) is 0 Å². The molecule has 1 rings (SSSR count). The van der Waals surface area contributed by atoms with Crippen molar-refractivity contribution in [3.05, 3.63) is 44.9 Å². The number of nitrogens with zero attached hydrogens (tertiary/aromatic N) is 1. The predicted octanol–water partition coefficient (Wildman–Crippen LogP) is 2.38. The van der Waals surface area contributed by atoms with Gasteiger partial charge in [-0.2, -0.15) is 0 Å². The van der Waals surface area contributed by atoms with Crippen LogP contribution in [0.4, 0.5) is 5.69 Å². The van der Waals surface area contributed by atoms with E-state index >= 15 is 0 Å². The van der Waals surface area contributed by atoms with Crippen LogP contribution in [0.1, 0.15) is 0 Å². The Morgan fingerprint density at radius 2 is 2.29 bits per heavy atom. The van der Waals surface area contributed by atoms with Crippen molar-refractivity contribution in [2.45, 2.75) is 0 Å². The number of non-ortho nitro benzene ring substituents is 1. The zero-order chi connectivity index (χ0) is 12.8. The number of ether oxygens (including phenoxy) is 1. The Hall–Kier alpha value is -1.89. The second kappa shape index (κ2) is 6.00. The minimum absolute atomic E-state index is 0.0199. The first-order valence-electron chi connectivity index (χ1n) is 4.47. The third-order valence-electron chi connectivity index (χ3n) is 1.72. The summed E-state index contributed by atoms with van der Waals surface area (Å²) in [5.74, 6) is -0.791. The fourth-order valence-electron chi connectivity index (χ4n) is 1.00. The van der Waals surface area contributed by atoms with E-state index in [0.29, 0.717) is 4.47 Å². The average Bonchev–Trinajstić information content (AvgIpc) is 2.25. The van der Waals surface area contributed by atoms with Gasteiger partial charge in [-0.05, 0) is 28.1 Å². The van der Waals surface area contributed by atoms with Gasteiger partial charge in [-0.1, -0.05) is 0 Å². The first kappa shape index (κ1) is 13.2. The summed E-state index contributed by atoms with van der Waals surface area (Å²) < 4.78 is 5.74. The van der Waals surface area contributed by atoms with Gasteiger partial charge in [0.25, 0.3) is 5.69 Å². The molecule has 1 aromatic rings.